The summed E-state index contributed by atoms with van der Waals surface area (Å²) in [7, 11) is -0.681. The lowest BCUT2D eigenvalue weighted by Crippen LogP contribution is -2.41. The summed E-state index contributed by atoms with van der Waals surface area (Å²) in [6.45, 7) is 16.7. The Morgan fingerprint density at radius 2 is 1.82 bits per heavy atom. The van der Waals surface area contributed by atoms with Crippen LogP contribution in [-0.2, 0) is 34.2 Å². The van der Waals surface area contributed by atoms with Crippen molar-refractivity contribution in [2.75, 3.05) is 6.61 Å². The van der Waals surface area contributed by atoms with Crippen molar-refractivity contribution in [2.45, 2.75) is 79.2 Å². The summed E-state index contributed by atoms with van der Waals surface area (Å²) in [5.74, 6) is 5.68. The number of fused-ring (bicyclic) bond motifs is 1. The smallest absolute Gasteiger partial charge is 0.332 e. The van der Waals surface area contributed by atoms with Gasteiger partial charge >= 0.3 is 11.7 Å². The van der Waals surface area contributed by atoms with E-state index < -0.39 is 19.6 Å². The molecule has 0 saturated heterocycles. The van der Waals surface area contributed by atoms with Crippen LogP contribution in [0.15, 0.2) is 9.59 Å². The molecule has 0 unspecified atom stereocenters. The molecule has 10 heteroatoms. The van der Waals surface area contributed by atoms with Crippen molar-refractivity contribution in [2.24, 2.45) is 13.0 Å². The van der Waals surface area contributed by atoms with Gasteiger partial charge in [-0.15, -0.1) is 0 Å². The highest BCUT2D eigenvalue weighted by atomic mass is 28.4. The second kappa shape index (κ2) is 10.7. The third-order valence-electron chi connectivity index (χ3n) is 5.89. The van der Waals surface area contributed by atoms with Gasteiger partial charge in [0.15, 0.2) is 19.5 Å². The first-order chi connectivity index (χ1) is 15.7. The van der Waals surface area contributed by atoms with Gasteiger partial charge in [0.2, 0.25) is 0 Å². The standard InChI is InChI=1S/C24H36N4O5Si/c1-16(2)14-28-21-20(22(30)27(7)23(28)31)25-18(12-10-11-13-32-17(3)29)19(26-21)15-33-34(8,9)24(4,5)6/h16H,11,13-15H2,1-9H3. The molecule has 0 amide bonds. The molecule has 0 radical (unpaired) electrons. The first-order valence-electron chi connectivity index (χ1n) is 11.4. The van der Waals surface area contributed by atoms with E-state index in [0.717, 1.165) is 4.57 Å². The summed E-state index contributed by atoms with van der Waals surface area (Å²) in [4.78, 5) is 45.9. The van der Waals surface area contributed by atoms with Crippen LogP contribution in [0.25, 0.3) is 11.2 Å². The van der Waals surface area contributed by atoms with Gasteiger partial charge in [0, 0.05) is 26.9 Å². The Labute approximate surface area is 201 Å². The zero-order valence-corrected chi connectivity index (χ0v) is 22.7. The van der Waals surface area contributed by atoms with Gasteiger partial charge in [-0.2, -0.15) is 0 Å². The van der Waals surface area contributed by atoms with Crippen LogP contribution in [-0.4, -0.2) is 40.0 Å². The summed E-state index contributed by atoms with van der Waals surface area (Å²) in [5.41, 5.74) is 0.164. The quantitative estimate of drug-likeness (QED) is 0.255. The van der Waals surface area contributed by atoms with Gasteiger partial charge < -0.3 is 9.16 Å². The predicted molar refractivity (Wildman–Crippen MR) is 134 cm³/mol. The number of nitrogens with zero attached hydrogens (tertiary/aromatic N) is 4. The zero-order valence-electron chi connectivity index (χ0n) is 21.7. The zero-order chi connectivity index (χ0) is 25.8. The van der Waals surface area contributed by atoms with E-state index in [1.54, 1.807) is 0 Å². The Morgan fingerprint density at radius 1 is 1.18 bits per heavy atom. The van der Waals surface area contributed by atoms with Crippen molar-refractivity contribution >= 4 is 25.5 Å². The lowest BCUT2D eigenvalue weighted by Gasteiger charge is -2.36. The summed E-state index contributed by atoms with van der Waals surface area (Å²) >= 11 is 0. The second-order valence-corrected chi connectivity index (χ2v) is 15.1. The Balaban J connectivity index is 2.66. The molecule has 2 aromatic heterocycles. The summed E-state index contributed by atoms with van der Waals surface area (Å²) in [6.07, 6.45) is 0.312. The molecule has 2 rings (SSSR count). The van der Waals surface area contributed by atoms with Crippen molar-refractivity contribution in [3.05, 3.63) is 32.2 Å². The Hall–Kier alpha value is -2.77. The Morgan fingerprint density at radius 3 is 2.38 bits per heavy atom. The van der Waals surface area contributed by atoms with Gasteiger partial charge in [0.25, 0.3) is 5.56 Å². The lowest BCUT2D eigenvalue weighted by molar-refractivity contribution is -0.140. The summed E-state index contributed by atoms with van der Waals surface area (Å²) in [6, 6.07) is 0. The molecule has 186 valence electrons. The van der Waals surface area contributed by atoms with Crippen molar-refractivity contribution in [1.29, 1.82) is 0 Å². The Kier molecular flexibility index (Phi) is 8.61. The highest BCUT2D eigenvalue weighted by Crippen LogP contribution is 2.37. The first kappa shape index (κ1) is 27.5. The van der Waals surface area contributed by atoms with E-state index in [-0.39, 0.29) is 41.3 Å². The maximum Gasteiger partial charge on any atom is 0.332 e. The maximum atomic E-state index is 12.9. The fourth-order valence-corrected chi connectivity index (χ4v) is 3.83. The number of hydrogen-bond acceptors (Lipinski definition) is 7. The number of rotatable bonds is 7. The van der Waals surface area contributed by atoms with Gasteiger partial charge in [-0.05, 0) is 30.0 Å². The van der Waals surface area contributed by atoms with E-state index in [1.807, 2.05) is 13.8 Å². The minimum atomic E-state index is -2.11. The van der Waals surface area contributed by atoms with E-state index in [1.165, 1.54) is 18.5 Å². The van der Waals surface area contributed by atoms with Crippen molar-refractivity contribution in [3.8, 4) is 11.8 Å². The highest BCUT2D eigenvalue weighted by molar-refractivity contribution is 6.74. The largest absolute Gasteiger partial charge is 0.465 e. The first-order valence-corrected chi connectivity index (χ1v) is 14.3. The molecule has 2 aromatic rings. The van der Waals surface area contributed by atoms with Crippen LogP contribution < -0.4 is 11.2 Å². The fourth-order valence-electron chi connectivity index (χ4n) is 2.90. The average molecular weight is 489 g/mol. The normalized spacial score (nSPS) is 12.1. The van der Waals surface area contributed by atoms with Crippen LogP contribution in [0, 0.1) is 17.8 Å². The molecule has 34 heavy (non-hydrogen) atoms. The SMILES string of the molecule is CC(=O)OCCC#Cc1nc2c(=O)n(C)c(=O)n(CC(C)C)c2nc1CO[Si](C)(C)C(C)(C)C. The average Bonchev–Trinajstić information content (AvgIpc) is 2.72. The van der Waals surface area contributed by atoms with E-state index in [9.17, 15) is 14.4 Å². The molecule has 9 nitrogen and oxygen atoms in total. The molecule has 0 aliphatic heterocycles. The van der Waals surface area contributed by atoms with Crippen LogP contribution in [0.4, 0.5) is 0 Å². The molecular weight excluding hydrogens is 452 g/mol. The van der Waals surface area contributed by atoms with Crippen molar-refractivity contribution in [1.82, 2.24) is 19.1 Å². The van der Waals surface area contributed by atoms with Crippen LogP contribution >= 0.6 is 0 Å². The van der Waals surface area contributed by atoms with Crippen molar-refractivity contribution < 1.29 is 14.0 Å². The molecule has 0 saturated carbocycles. The number of esters is 1. The van der Waals surface area contributed by atoms with E-state index in [2.05, 4.69) is 50.7 Å². The third-order valence-corrected chi connectivity index (χ3v) is 10.4. The minimum Gasteiger partial charge on any atom is -0.465 e. The topological polar surface area (TPSA) is 105 Å². The monoisotopic (exact) mass is 488 g/mol. The number of hydrogen-bond donors (Lipinski definition) is 0. The summed E-state index contributed by atoms with van der Waals surface area (Å²) in [5, 5.41) is -0.0111. The van der Waals surface area contributed by atoms with E-state index in [4.69, 9.17) is 14.1 Å². The van der Waals surface area contributed by atoms with Gasteiger partial charge in [-0.3, -0.25) is 18.7 Å². The summed E-state index contributed by atoms with van der Waals surface area (Å²) < 4.78 is 13.8. The van der Waals surface area contributed by atoms with Gasteiger partial charge in [0.1, 0.15) is 18.0 Å². The number of ether oxygens (including phenoxy) is 1. The van der Waals surface area contributed by atoms with Crippen molar-refractivity contribution in [3.63, 3.8) is 0 Å². The van der Waals surface area contributed by atoms with E-state index >= 15 is 0 Å². The molecule has 0 N–H and O–H groups in total. The molecule has 0 spiro atoms. The Bertz CT molecular complexity index is 1240. The molecule has 0 aliphatic rings. The van der Waals surface area contributed by atoms with E-state index in [0.29, 0.717) is 24.4 Å². The van der Waals surface area contributed by atoms with Crippen LogP contribution in [0.3, 0.4) is 0 Å². The predicted octanol–water partition coefficient (Wildman–Crippen LogP) is 2.97. The minimum absolute atomic E-state index is 0.0111. The van der Waals surface area contributed by atoms with Gasteiger partial charge in [-0.1, -0.05) is 40.5 Å². The molecule has 0 fully saturated rings. The molecule has 0 aliphatic carbocycles. The number of carbonyl (C=O) groups is 1. The van der Waals surface area contributed by atoms with Crippen LogP contribution in [0.2, 0.25) is 18.1 Å². The molecule has 0 atom stereocenters. The maximum absolute atomic E-state index is 12.9. The second-order valence-electron chi connectivity index (χ2n) is 10.3. The number of aromatic nitrogens is 4. The molecular formula is C24H36N4O5Si. The third kappa shape index (κ3) is 6.42. The van der Waals surface area contributed by atoms with Gasteiger partial charge in [-0.25, -0.2) is 14.8 Å². The molecule has 0 aromatic carbocycles. The van der Waals surface area contributed by atoms with Crippen LogP contribution in [0.5, 0.6) is 0 Å². The number of carbonyl (C=O) groups excluding carboxylic acids is 1. The fraction of sp³-hybridized carbons (Fsp3) is 0.625. The molecule has 2 heterocycles. The highest BCUT2D eigenvalue weighted by Gasteiger charge is 2.37. The molecule has 0 bridgehead atoms. The lowest BCUT2D eigenvalue weighted by atomic mass is 10.2. The van der Waals surface area contributed by atoms with Crippen LogP contribution in [0.1, 0.15) is 59.4 Å². The van der Waals surface area contributed by atoms with Gasteiger partial charge in [0.05, 0.1) is 6.61 Å².